The third-order valence-corrected chi connectivity index (χ3v) is 4.44. The van der Waals surface area contributed by atoms with E-state index in [1.807, 2.05) is 25.1 Å². The van der Waals surface area contributed by atoms with Crippen LogP contribution in [0.5, 0.6) is 5.75 Å². The van der Waals surface area contributed by atoms with E-state index in [2.05, 4.69) is 60.6 Å². The van der Waals surface area contributed by atoms with Crippen molar-refractivity contribution in [1.29, 1.82) is 0 Å². The fraction of sp³-hybridized carbons (Fsp3) is 0.435. The van der Waals surface area contributed by atoms with Gasteiger partial charge in [-0.3, -0.25) is 4.99 Å². The Bertz CT molecular complexity index is 767. The van der Waals surface area contributed by atoms with Crippen LogP contribution in [0.2, 0.25) is 0 Å². The van der Waals surface area contributed by atoms with Gasteiger partial charge in [0, 0.05) is 11.3 Å². The van der Waals surface area contributed by atoms with E-state index in [0.717, 1.165) is 17.0 Å². The largest absolute Gasteiger partial charge is 0.507 e. The van der Waals surface area contributed by atoms with Crippen LogP contribution in [0.25, 0.3) is 0 Å². The molecular formula is C23H31NO. The van der Waals surface area contributed by atoms with Crippen molar-refractivity contribution in [3.8, 4) is 5.75 Å². The minimum atomic E-state index is -0.0101. The maximum atomic E-state index is 10.2. The van der Waals surface area contributed by atoms with Crippen molar-refractivity contribution in [3.63, 3.8) is 0 Å². The highest BCUT2D eigenvalue weighted by Crippen LogP contribution is 2.41. The van der Waals surface area contributed by atoms with Crippen LogP contribution in [0.4, 0.5) is 5.69 Å². The van der Waals surface area contributed by atoms with E-state index in [4.69, 9.17) is 4.99 Å². The molecule has 2 aromatic rings. The first-order valence-corrected chi connectivity index (χ1v) is 8.90. The lowest BCUT2D eigenvalue weighted by Crippen LogP contribution is -2.18. The molecule has 0 atom stereocenters. The van der Waals surface area contributed by atoms with Gasteiger partial charge in [0.1, 0.15) is 5.75 Å². The first kappa shape index (κ1) is 19.2. The van der Waals surface area contributed by atoms with E-state index >= 15 is 0 Å². The zero-order valence-corrected chi connectivity index (χ0v) is 16.9. The Kier molecular flexibility index (Phi) is 5.13. The normalized spacial score (nSPS) is 13.2. The molecule has 25 heavy (non-hydrogen) atoms. The molecule has 1 N–H and O–H groups in total. The summed E-state index contributed by atoms with van der Waals surface area (Å²) >= 11 is 0. The molecule has 0 radical (unpaired) electrons. The molecule has 0 heterocycles. The summed E-state index contributed by atoms with van der Waals surface area (Å²) in [5.41, 5.74) is 6.37. The highest BCUT2D eigenvalue weighted by Gasteiger charge is 2.26. The smallest absolute Gasteiger partial charge is 0.124 e. The first-order chi connectivity index (χ1) is 11.4. The van der Waals surface area contributed by atoms with Crippen LogP contribution in [0.1, 0.15) is 70.7 Å². The molecule has 0 saturated carbocycles. The van der Waals surface area contributed by atoms with E-state index in [1.165, 1.54) is 16.7 Å². The summed E-state index contributed by atoms with van der Waals surface area (Å²) < 4.78 is 0. The number of aromatic hydroxyl groups is 1. The molecule has 0 aliphatic heterocycles. The fourth-order valence-electron chi connectivity index (χ4n) is 3.05. The Morgan fingerprint density at radius 1 is 0.880 bits per heavy atom. The van der Waals surface area contributed by atoms with Gasteiger partial charge < -0.3 is 5.11 Å². The molecule has 2 nitrogen and oxygen atoms in total. The van der Waals surface area contributed by atoms with Gasteiger partial charge in [0.15, 0.2) is 0 Å². The number of nitrogens with zero attached hydrogens (tertiary/aromatic N) is 1. The minimum absolute atomic E-state index is 0.0101. The average Bonchev–Trinajstić information content (AvgIpc) is 2.46. The minimum Gasteiger partial charge on any atom is -0.507 e. The average molecular weight is 338 g/mol. The molecule has 0 saturated heterocycles. The van der Waals surface area contributed by atoms with Gasteiger partial charge in [0.25, 0.3) is 0 Å². The van der Waals surface area contributed by atoms with Crippen LogP contribution < -0.4 is 0 Å². The predicted molar refractivity (Wildman–Crippen MR) is 109 cm³/mol. The number of benzene rings is 2. The Morgan fingerprint density at radius 2 is 1.36 bits per heavy atom. The Balaban J connectivity index is 2.79. The molecule has 134 valence electrons. The van der Waals surface area contributed by atoms with E-state index in [9.17, 15) is 5.11 Å². The number of aryl methyl sites for hydroxylation is 1. The third-order valence-electron chi connectivity index (χ3n) is 4.44. The molecule has 0 spiro atoms. The van der Waals surface area contributed by atoms with Gasteiger partial charge in [0.05, 0.1) is 5.69 Å². The molecule has 0 bridgehead atoms. The summed E-state index contributed by atoms with van der Waals surface area (Å²) in [6, 6.07) is 11.9. The predicted octanol–water partition coefficient (Wildman–Crippen LogP) is 6.44. The van der Waals surface area contributed by atoms with Gasteiger partial charge in [-0.1, -0.05) is 71.4 Å². The Hall–Kier alpha value is -2.09. The van der Waals surface area contributed by atoms with Crippen molar-refractivity contribution in [2.24, 2.45) is 4.99 Å². The van der Waals surface area contributed by atoms with Gasteiger partial charge in [-0.2, -0.15) is 0 Å². The zero-order valence-electron chi connectivity index (χ0n) is 16.9. The Morgan fingerprint density at radius 3 is 1.80 bits per heavy atom. The topological polar surface area (TPSA) is 32.6 Å². The summed E-state index contributed by atoms with van der Waals surface area (Å²) in [5.74, 6) is 0.269. The lowest BCUT2D eigenvalue weighted by Gasteiger charge is -2.29. The number of para-hydroxylation sites is 1. The first-order valence-electron chi connectivity index (χ1n) is 8.90. The molecule has 2 heteroatoms. The van der Waals surface area contributed by atoms with Crippen molar-refractivity contribution in [1.82, 2.24) is 0 Å². The van der Waals surface area contributed by atoms with Crippen molar-refractivity contribution in [2.75, 3.05) is 0 Å². The Labute approximate surface area is 152 Å². The second-order valence-corrected chi connectivity index (χ2v) is 8.92. The summed E-state index contributed by atoms with van der Waals surface area (Å²) in [6.07, 6.45) is 0. The molecular weight excluding hydrogens is 306 g/mol. The molecule has 0 aliphatic rings. The summed E-state index contributed by atoms with van der Waals surface area (Å²) in [4.78, 5) is 5.02. The SMILES string of the molecule is CC(=Nc1c(C(C)(C)C)cc(C)cc1C(C)(C)C)c1ccccc1O. The molecule has 2 rings (SSSR count). The monoisotopic (exact) mass is 337 g/mol. The van der Waals surface area contributed by atoms with Gasteiger partial charge in [-0.15, -0.1) is 0 Å². The van der Waals surface area contributed by atoms with Crippen LogP contribution in [-0.4, -0.2) is 10.8 Å². The van der Waals surface area contributed by atoms with Crippen molar-refractivity contribution in [3.05, 3.63) is 58.7 Å². The number of hydrogen-bond acceptors (Lipinski definition) is 2. The van der Waals surface area contributed by atoms with E-state index in [1.54, 1.807) is 6.07 Å². The summed E-state index contributed by atoms with van der Waals surface area (Å²) in [7, 11) is 0. The fourth-order valence-corrected chi connectivity index (χ4v) is 3.05. The van der Waals surface area contributed by atoms with Crippen molar-refractivity contribution >= 4 is 11.4 Å². The lowest BCUT2D eigenvalue weighted by atomic mass is 9.78. The molecule has 0 aromatic heterocycles. The molecule has 0 unspecified atom stereocenters. The van der Waals surface area contributed by atoms with E-state index in [0.29, 0.717) is 0 Å². The third kappa shape index (κ3) is 4.31. The second kappa shape index (κ2) is 6.67. The number of phenols is 1. The quantitative estimate of drug-likeness (QED) is 0.629. The highest BCUT2D eigenvalue weighted by atomic mass is 16.3. The van der Waals surface area contributed by atoms with Crippen LogP contribution in [0.15, 0.2) is 41.4 Å². The summed E-state index contributed by atoms with van der Waals surface area (Å²) in [5, 5.41) is 10.2. The van der Waals surface area contributed by atoms with Crippen molar-refractivity contribution < 1.29 is 5.11 Å². The van der Waals surface area contributed by atoms with Crippen molar-refractivity contribution in [2.45, 2.75) is 66.2 Å². The van der Waals surface area contributed by atoms with E-state index < -0.39 is 0 Å². The van der Waals surface area contributed by atoms with Crippen LogP contribution in [0, 0.1) is 6.92 Å². The van der Waals surface area contributed by atoms with Crippen LogP contribution in [0.3, 0.4) is 0 Å². The molecule has 0 amide bonds. The second-order valence-electron chi connectivity index (χ2n) is 8.92. The van der Waals surface area contributed by atoms with Crippen LogP contribution in [-0.2, 0) is 10.8 Å². The zero-order chi connectivity index (χ0) is 19.0. The maximum Gasteiger partial charge on any atom is 0.124 e. The number of phenolic OH excluding ortho intramolecular Hbond substituents is 1. The van der Waals surface area contributed by atoms with Gasteiger partial charge in [-0.25, -0.2) is 0 Å². The molecule has 0 aliphatic carbocycles. The molecule has 2 aromatic carbocycles. The molecule has 0 fully saturated rings. The highest BCUT2D eigenvalue weighted by molar-refractivity contribution is 6.02. The maximum absolute atomic E-state index is 10.2. The standard InChI is InChI=1S/C23H31NO/c1-15-13-18(22(3,4)5)21(19(14-15)23(6,7)8)24-16(2)17-11-9-10-12-20(17)25/h9-14,25H,1-8H3. The van der Waals surface area contributed by atoms with Crippen LogP contribution >= 0.6 is 0 Å². The number of hydrogen-bond donors (Lipinski definition) is 1. The lowest BCUT2D eigenvalue weighted by molar-refractivity contribution is 0.474. The van der Waals surface area contributed by atoms with Gasteiger partial charge in [0.2, 0.25) is 0 Å². The summed E-state index contributed by atoms with van der Waals surface area (Å²) in [6.45, 7) is 17.5. The van der Waals surface area contributed by atoms with Gasteiger partial charge in [-0.05, 0) is 47.9 Å². The number of rotatable bonds is 2. The van der Waals surface area contributed by atoms with Gasteiger partial charge >= 0.3 is 0 Å². The number of aliphatic imine (C=N–C) groups is 1. The van der Waals surface area contributed by atoms with E-state index in [-0.39, 0.29) is 16.6 Å².